The van der Waals surface area contributed by atoms with Gasteiger partial charge < -0.3 is 10.1 Å². The molecule has 0 spiro atoms. The molecule has 112 valence electrons. The molecule has 1 atom stereocenters. The van der Waals surface area contributed by atoms with Crippen LogP contribution in [0.4, 0.5) is 0 Å². The summed E-state index contributed by atoms with van der Waals surface area (Å²) < 4.78 is 28.4. The minimum absolute atomic E-state index is 0.0364. The summed E-state index contributed by atoms with van der Waals surface area (Å²) in [6.07, 6.45) is 2.93. The number of hydrogen-bond acceptors (Lipinski definition) is 5. The fraction of sp³-hybridized carbons (Fsp3) is 0.636. The summed E-state index contributed by atoms with van der Waals surface area (Å²) in [5, 5.41) is 13.9. The summed E-state index contributed by atoms with van der Waals surface area (Å²) in [4.78, 5) is 11.7. The standard InChI is InChI=1S/C11H18N4O4S/c1-7-10(20(12,17)18)9(15-14-7)11(16)13-6-8-4-2-3-5-19-8/h8H,2-6H2,1H3,(H,13,16)(H,14,15)(H2,12,17,18). The molecule has 2 rings (SSSR count). The quantitative estimate of drug-likeness (QED) is 0.701. The third-order valence-corrected chi connectivity index (χ3v) is 4.22. The molecule has 20 heavy (non-hydrogen) atoms. The van der Waals surface area contributed by atoms with Gasteiger partial charge in [0.1, 0.15) is 4.90 Å². The number of nitrogens with zero attached hydrogens (tertiary/aromatic N) is 1. The van der Waals surface area contributed by atoms with Crippen molar-refractivity contribution >= 4 is 15.9 Å². The normalized spacial score (nSPS) is 19.8. The number of aromatic amines is 1. The topological polar surface area (TPSA) is 127 Å². The van der Waals surface area contributed by atoms with Gasteiger partial charge in [0.2, 0.25) is 10.0 Å². The molecule has 0 saturated carbocycles. The number of nitrogens with one attached hydrogen (secondary N) is 2. The van der Waals surface area contributed by atoms with Crippen molar-refractivity contribution < 1.29 is 17.9 Å². The molecule has 4 N–H and O–H groups in total. The van der Waals surface area contributed by atoms with Crippen LogP contribution >= 0.6 is 0 Å². The smallest absolute Gasteiger partial charge is 0.273 e. The van der Waals surface area contributed by atoms with Crippen molar-refractivity contribution in [1.29, 1.82) is 0 Å². The molecule has 1 aromatic rings. The van der Waals surface area contributed by atoms with E-state index in [1.165, 1.54) is 6.92 Å². The Bertz CT molecular complexity index is 590. The number of ether oxygens (including phenoxy) is 1. The molecule has 1 unspecified atom stereocenters. The lowest BCUT2D eigenvalue weighted by Gasteiger charge is -2.22. The van der Waals surface area contributed by atoms with Gasteiger partial charge in [0, 0.05) is 13.2 Å². The van der Waals surface area contributed by atoms with Crippen molar-refractivity contribution in [1.82, 2.24) is 15.5 Å². The van der Waals surface area contributed by atoms with Crippen molar-refractivity contribution in [3.8, 4) is 0 Å². The minimum Gasteiger partial charge on any atom is -0.376 e. The lowest BCUT2D eigenvalue weighted by Crippen LogP contribution is -2.36. The first kappa shape index (κ1) is 14.9. The molecule has 1 aliphatic rings. The number of primary sulfonamides is 1. The molecule has 0 bridgehead atoms. The van der Waals surface area contributed by atoms with Crippen LogP contribution in [-0.2, 0) is 14.8 Å². The largest absolute Gasteiger partial charge is 0.376 e. The molecule has 8 nitrogen and oxygen atoms in total. The molecule has 1 amide bonds. The number of hydrogen-bond donors (Lipinski definition) is 3. The average molecular weight is 302 g/mol. The van der Waals surface area contributed by atoms with Crippen molar-refractivity contribution in [2.24, 2.45) is 5.14 Å². The van der Waals surface area contributed by atoms with Crippen molar-refractivity contribution in [2.45, 2.75) is 37.2 Å². The Morgan fingerprint density at radius 1 is 1.55 bits per heavy atom. The average Bonchev–Trinajstić information content (AvgIpc) is 2.79. The van der Waals surface area contributed by atoms with Gasteiger partial charge in [-0.3, -0.25) is 9.89 Å². The molecule has 1 aromatic heterocycles. The summed E-state index contributed by atoms with van der Waals surface area (Å²) in [6.45, 7) is 2.51. The lowest BCUT2D eigenvalue weighted by molar-refractivity contribution is 0.0168. The molecule has 0 aromatic carbocycles. The Labute approximate surface area is 117 Å². The summed E-state index contributed by atoms with van der Waals surface area (Å²) in [5.74, 6) is -0.576. The van der Waals surface area contributed by atoms with Crippen LogP contribution in [0.15, 0.2) is 4.90 Å². The first-order chi connectivity index (χ1) is 9.39. The van der Waals surface area contributed by atoms with Gasteiger partial charge in [-0.2, -0.15) is 5.10 Å². The monoisotopic (exact) mass is 302 g/mol. The van der Waals surface area contributed by atoms with Gasteiger partial charge in [0.25, 0.3) is 5.91 Å². The van der Waals surface area contributed by atoms with E-state index in [0.717, 1.165) is 19.3 Å². The molecule has 2 heterocycles. The zero-order chi connectivity index (χ0) is 14.8. The van der Waals surface area contributed by atoms with Gasteiger partial charge in [-0.05, 0) is 26.2 Å². The Balaban J connectivity index is 2.06. The van der Waals surface area contributed by atoms with E-state index in [2.05, 4.69) is 15.5 Å². The maximum absolute atomic E-state index is 12.0. The van der Waals surface area contributed by atoms with E-state index in [0.29, 0.717) is 13.2 Å². The first-order valence-electron chi connectivity index (χ1n) is 6.37. The van der Waals surface area contributed by atoms with Gasteiger partial charge in [-0.1, -0.05) is 0 Å². The van der Waals surface area contributed by atoms with Crippen LogP contribution < -0.4 is 10.5 Å². The van der Waals surface area contributed by atoms with E-state index in [4.69, 9.17) is 9.88 Å². The van der Waals surface area contributed by atoms with E-state index >= 15 is 0 Å². The number of H-pyrrole nitrogens is 1. The van der Waals surface area contributed by atoms with Gasteiger partial charge in [0.05, 0.1) is 11.8 Å². The van der Waals surface area contributed by atoms with Crippen molar-refractivity contribution in [2.75, 3.05) is 13.2 Å². The minimum atomic E-state index is -3.99. The number of amides is 1. The van der Waals surface area contributed by atoms with Gasteiger partial charge in [-0.25, -0.2) is 13.6 Å². The Morgan fingerprint density at radius 2 is 2.30 bits per heavy atom. The number of aryl methyl sites for hydroxylation is 1. The SMILES string of the molecule is Cc1[nH]nc(C(=O)NCC2CCCCO2)c1S(N)(=O)=O. The third kappa shape index (κ3) is 3.35. The number of carbonyl (C=O) groups is 1. The van der Waals surface area contributed by atoms with Crippen LogP contribution in [0.1, 0.15) is 35.4 Å². The first-order valence-corrected chi connectivity index (χ1v) is 7.92. The van der Waals surface area contributed by atoms with E-state index in [9.17, 15) is 13.2 Å². The number of aromatic nitrogens is 2. The maximum atomic E-state index is 12.0. The van der Waals surface area contributed by atoms with Gasteiger partial charge in [-0.15, -0.1) is 0 Å². The number of rotatable bonds is 4. The highest BCUT2D eigenvalue weighted by atomic mass is 32.2. The second kappa shape index (κ2) is 5.90. The van der Waals surface area contributed by atoms with Crippen LogP contribution in [0.2, 0.25) is 0 Å². The Hall–Kier alpha value is -1.45. The molecule has 1 saturated heterocycles. The number of sulfonamides is 1. The molecule has 0 aliphatic carbocycles. The van der Waals surface area contributed by atoms with Crippen LogP contribution in [0.3, 0.4) is 0 Å². The van der Waals surface area contributed by atoms with Crippen LogP contribution in [0.25, 0.3) is 0 Å². The zero-order valence-electron chi connectivity index (χ0n) is 11.2. The van der Waals surface area contributed by atoms with Crippen LogP contribution in [0, 0.1) is 6.92 Å². The third-order valence-electron chi connectivity index (χ3n) is 3.15. The molecule has 0 radical (unpaired) electrons. The van der Waals surface area contributed by atoms with E-state index < -0.39 is 15.9 Å². The summed E-state index contributed by atoms with van der Waals surface area (Å²) in [5.41, 5.74) is 0.0346. The maximum Gasteiger partial charge on any atom is 0.273 e. The summed E-state index contributed by atoms with van der Waals surface area (Å²) >= 11 is 0. The summed E-state index contributed by atoms with van der Waals surface area (Å²) in [6, 6.07) is 0. The Kier molecular flexibility index (Phi) is 4.41. The van der Waals surface area contributed by atoms with Crippen LogP contribution in [0.5, 0.6) is 0 Å². The molecule has 1 fully saturated rings. The predicted octanol–water partition coefficient (Wildman–Crippen LogP) is -0.336. The summed E-state index contributed by atoms with van der Waals surface area (Å²) in [7, 11) is -3.99. The van der Waals surface area contributed by atoms with Crippen molar-refractivity contribution in [3.63, 3.8) is 0 Å². The second-order valence-electron chi connectivity index (χ2n) is 4.77. The highest BCUT2D eigenvalue weighted by molar-refractivity contribution is 7.89. The van der Waals surface area contributed by atoms with Crippen molar-refractivity contribution in [3.05, 3.63) is 11.4 Å². The van der Waals surface area contributed by atoms with E-state index in [1.807, 2.05) is 0 Å². The highest BCUT2D eigenvalue weighted by Crippen LogP contribution is 2.16. The fourth-order valence-electron chi connectivity index (χ4n) is 2.18. The lowest BCUT2D eigenvalue weighted by atomic mass is 10.1. The second-order valence-corrected chi connectivity index (χ2v) is 6.27. The predicted molar refractivity (Wildman–Crippen MR) is 70.6 cm³/mol. The zero-order valence-corrected chi connectivity index (χ0v) is 12.0. The molecular weight excluding hydrogens is 284 g/mol. The molecular formula is C11H18N4O4S. The van der Waals surface area contributed by atoms with Gasteiger partial charge in [0.15, 0.2) is 5.69 Å². The Morgan fingerprint density at radius 3 is 2.90 bits per heavy atom. The number of carbonyl (C=O) groups excluding carboxylic acids is 1. The van der Waals surface area contributed by atoms with Crippen LogP contribution in [-0.4, -0.2) is 43.8 Å². The number of nitrogens with two attached hydrogens (primary N) is 1. The molecule has 1 aliphatic heterocycles. The van der Waals surface area contributed by atoms with E-state index in [1.54, 1.807) is 0 Å². The highest BCUT2D eigenvalue weighted by Gasteiger charge is 2.26. The van der Waals surface area contributed by atoms with E-state index in [-0.39, 0.29) is 22.4 Å². The van der Waals surface area contributed by atoms with Gasteiger partial charge >= 0.3 is 0 Å². The molecule has 9 heteroatoms. The fourth-order valence-corrected chi connectivity index (χ4v) is 3.06.